The summed E-state index contributed by atoms with van der Waals surface area (Å²) >= 11 is 0. The Balaban J connectivity index is 3.85. The maximum Gasteiger partial charge on any atom is 0.249 e. The summed E-state index contributed by atoms with van der Waals surface area (Å²) in [6, 6.07) is 0. The van der Waals surface area contributed by atoms with Crippen LogP contribution in [0, 0.1) is 5.41 Å². The average Bonchev–Trinajstić information content (AvgIpc) is 2.25. The zero-order valence-corrected chi connectivity index (χ0v) is 12.2. The van der Waals surface area contributed by atoms with E-state index >= 15 is 0 Å². The number of aliphatic hydroxyl groups excluding tert-OH is 2. The molecule has 0 saturated heterocycles. The highest BCUT2D eigenvalue weighted by Gasteiger charge is 2.32. The first-order valence-corrected chi connectivity index (χ1v) is 6.42. The number of carbonyl (C=O) groups is 1. The Morgan fingerprint density at radius 2 is 1.72 bits per heavy atom. The summed E-state index contributed by atoms with van der Waals surface area (Å²) in [6.07, 6.45) is -0.381. The van der Waals surface area contributed by atoms with Crippen molar-refractivity contribution in [3.63, 3.8) is 0 Å². The molecular formula is C13H28N2O3. The van der Waals surface area contributed by atoms with Crippen molar-refractivity contribution in [2.45, 2.75) is 52.7 Å². The lowest BCUT2D eigenvalue weighted by atomic mass is 9.87. The molecule has 0 radical (unpaired) electrons. The van der Waals surface area contributed by atoms with Gasteiger partial charge in [0.2, 0.25) is 5.91 Å². The fourth-order valence-corrected chi connectivity index (χ4v) is 1.30. The van der Waals surface area contributed by atoms with Gasteiger partial charge < -0.3 is 20.8 Å². The summed E-state index contributed by atoms with van der Waals surface area (Å²) in [5.41, 5.74) is -0.740. The van der Waals surface area contributed by atoms with Crippen LogP contribution >= 0.6 is 0 Å². The lowest BCUT2D eigenvalue weighted by Gasteiger charge is -2.27. The summed E-state index contributed by atoms with van der Waals surface area (Å²) in [4.78, 5) is 11.6. The minimum atomic E-state index is -1.18. The van der Waals surface area contributed by atoms with E-state index in [-0.39, 0.29) is 12.1 Å². The molecule has 0 heterocycles. The van der Waals surface area contributed by atoms with E-state index in [1.165, 1.54) is 0 Å². The van der Waals surface area contributed by atoms with Crippen LogP contribution in [0.2, 0.25) is 0 Å². The maximum atomic E-state index is 11.6. The molecule has 108 valence electrons. The fourth-order valence-electron chi connectivity index (χ4n) is 1.30. The first-order valence-electron chi connectivity index (χ1n) is 6.42. The average molecular weight is 260 g/mol. The van der Waals surface area contributed by atoms with Gasteiger partial charge in [0, 0.05) is 17.5 Å². The number of aliphatic hydroxyl groups is 2. The van der Waals surface area contributed by atoms with Crippen molar-refractivity contribution in [3.05, 3.63) is 0 Å². The van der Waals surface area contributed by atoms with Gasteiger partial charge in [-0.3, -0.25) is 4.79 Å². The third kappa shape index (κ3) is 6.93. The Kier molecular flexibility index (Phi) is 6.81. The first-order chi connectivity index (χ1) is 8.10. The number of rotatable bonds is 7. The minimum Gasteiger partial charge on any atom is -0.396 e. The molecule has 0 aliphatic carbocycles. The molecule has 4 N–H and O–H groups in total. The molecule has 0 aromatic rings. The lowest BCUT2D eigenvalue weighted by molar-refractivity contribution is -0.137. The number of nitrogens with one attached hydrogen (secondary N) is 2. The van der Waals surface area contributed by atoms with Crippen molar-refractivity contribution in [2.75, 3.05) is 19.7 Å². The van der Waals surface area contributed by atoms with Crippen LogP contribution in [0.4, 0.5) is 0 Å². The Hall–Kier alpha value is -0.650. The molecule has 0 saturated carbocycles. The van der Waals surface area contributed by atoms with Gasteiger partial charge in [-0.25, -0.2) is 0 Å². The van der Waals surface area contributed by atoms with E-state index in [1.54, 1.807) is 13.8 Å². The van der Waals surface area contributed by atoms with Gasteiger partial charge in [-0.05, 0) is 33.7 Å². The molecule has 1 atom stereocenters. The predicted octanol–water partition coefficient (Wildman–Crippen LogP) is 0.260. The van der Waals surface area contributed by atoms with Gasteiger partial charge in [0.05, 0.1) is 6.61 Å². The highest BCUT2D eigenvalue weighted by Crippen LogP contribution is 2.19. The quantitative estimate of drug-likeness (QED) is 0.495. The van der Waals surface area contributed by atoms with Crippen LogP contribution in [0.15, 0.2) is 0 Å². The molecule has 18 heavy (non-hydrogen) atoms. The minimum absolute atomic E-state index is 0.0718. The van der Waals surface area contributed by atoms with Crippen molar-refractivity contribution in [3.8, 4) is 0 Å². The molecule has 0 bridgehead atoms. The number of amides is 1. The molecule has 0 aliphatic rings. The van der Waals surface area contributed by atoms with Crippen molar-refractivity contribution in [2.24, 2.45) is 5.41 Å². The Labute approximate surface area is 110 Å². The molecule has 0 rings (SSSR count). The number of hydrogen-bond acceptors (Lipinski definition) is 4. The largest absolute Gasteiger partial charge is 0.396 e. The van der Waals surface area contributed by atoms with E-state index in [4.69, 9.17) is 5.11 Å². The predicted molar refractivity (Wildman–Crippen MR) is 72.3 cm³/mol. The third-order valence-corrected chi connectivity index (χ3v) is 2.70. The van der Waals surface area contributed by atoms with Gasteiger partial charge in [-0.1, -0.05) is 13.8 Å². The smallest absolute Gasteiger partial charge is 0.249 e. The lowest BCUT2D eigenvalue weighted by Crippen LogP contribution is -2.46. The SMILES string of the molecule is CC(C)(C)NCCCNC(=O)[C@H](O)C(C)(C)CO. The van der Waals surface area contributed by atoms with Gasteiger partial charge in [-0.15, -0.1) is 0 Å². The van der Waals surface area contributed by atoms with Crippen molar-refractivity contribution < 1.29 is 15.0 Å². The van der Waals surface area contributed by atoms with Crippen LogP contribution in [0.3, 0.4) is 0 Å². The third-order valence-electron chi connectivity index (χ3n) is 2.70. The van der Waals surface area contributed by atoms with Gasteiger partial charge >= 0.3 is 0 Å². The van der Waals surface area contributed by atoms with E-state index in [1.807, 2.05) is 0 Å². The second-order valence-electron chi connectivity index (χ2n) is 6.37. The first kappa shape index (κ1) is 17.4. The van der Waals surface area contributed by atoms with Gasteiger partial charge in [0.1, 0.15) is 6.10 Å². The highest BCUT2D eigenvalue weighted by molar-refractivity contribution is 5.81. The highest BCUT2D eigenvalue weighted by atomic mass is 16.3. The van der Waals surface area contributed by atoms with Crippen LogP contribution in [-0.4, -0.2) is 47.5 Å². The van der Waals surface area contributed by atoms with Gasteiger partial charge in [-0.2, -0.15) is 0 Å². The van der Waals surface area contributed by atoms with Gasteiger partial charge in [0.15, 0.2) is 0 Å². The van der Waals surface area contributed by atoms with Crippen molar-refractivity contribution in [1.82, 2.24) is 10.6 Å². The fraction of sp³-hybridized carbons (Fsp3) is 0.923. The molecule has 0 unspecified atom stereocenters. The van der Waals surface area contributed by atoms with E-state index in [0.717, 1.165) is 13.0 Å². The van der Waals surface area contributed by atoms with E-state index in [9.17, 15) is 9.90 Å². The summed E-state index contributed by atoms with van der Waals surface area (Å²) < 4.78 is 0. The molecule has 1 amide bonds. The topological polar surface area (TPSA) is 81.6 Å². The molecular weight excluding hydrogens is 232 g/mol. The van der Waals surface area contributed by atoms with Crippen LogP contribution in [0.1, 0.15) is 41.0 Å². The second kappa shape index (κ2) is 7.07. The van der Waals surface area contributed by atoms with Crippen LogP contribution in [0.25, 0.3) is 0 Å². The van der Waals surface area contributed by atoms with E-state index in [2.05, 4.69) is 31.4 Å². The maximum absolute atomic E-state index is 11.6. The summed E-state index contributed by atoms with van der Waals surface area (Å²) in [7, 11) is 0. The molecule has 0 spiro atoms. The summed E-state index contributed by atoms with van der Waals surface area (Å²) in [6.45, 7) is 10.6. The zero-order valence-electron chi connectivity index (χ0n) is 12.2. The molecule has 5 nitrogen and oxygen atoms in total. The Morgan fingerprint density at radius 3 is 2.17 bits per heavy atom. The molecule has 0 aromatic heterocycles. The van der Waals surface area contributed by atoms with Crippen molar-refractivity contribution in [1.29, 1.82) is 0 Å². The monoisotopic (exact) mass is 260 g/mol. The van der Waals surface area contributed by atoms with E-state index < -0.39 is 17.4 Å². The Morgan fingerprint density at radius 1 is 1.17 bits per heavy atom. The Bertz CT molecular complexity index is 259. The van der Waals surface area contributed by atoms with Crippen LogP contribution < -0.4 is 10.6 Å². The molecule has 0 fully saturated rings. The zero-order chi connectivity index (χ0) is 14.4. The second-order valence-corrected chi connectivity index (χ2v) is 6.37. The summed E-state index contributed by atoms with van der Waals surface area (Å²) in [5.74, 6) is -0.426. The molecule has 0 aliphatic heterocycles. The molecule has 0 aromatic carbocycles. The van der Waals surface area contributed by atoms with Crippen molar-refractivity contribution >= 4 is 5.91 Å². The standard InChI is InChI=1S/C13H28N2O3/c1-12(2,3)15-8-6-7-14-11(18)10(17)13(4,5)9-16/h10,15-17H,6-9H2,1-5H3,(H,14,18)/t10-/m0/s1. The molecule has 5 heteroatoms. The van der Waals surface area contributed by atoms with E-state index in [0.29, 0.717) is 6.54 Å². The number of hydrogen-bond donors (Lipinski definition) is 4. The van der Waals surface area contributed by atoms with Gasteiger partial charge in [0.25, 0.3) is 0 Å². The summed E-state index contributed by atoms with van der Waals surface area (Å²) in [5, 5.41) is 24.8. The normalized spacial score (nSPS) is 14.4. The number of carbonyl (C=O) groups excluding carboxylic acids is 1. The van der Waals surface area contributed by atoms with Crippen LogP contribution in [-0.2, 0) is 4.79 Å². The van der Waals surface area contributed by atoms with Crippen LogP contribution in [0.5, 0.6) is 0 Å².